The summed E-state index contributed by atoms with van der Waals surface area (Å²) >= 11 is 5.97. The van der Waals surface area contributed by atoms with Crippen LogP contribution in [0, 0.1) is 0 Å². The summed E-state index contributed by atoms with van der Waals surface area (Å²) in [5.74, 6) is -0.109. The molecule has 0 saturated carbocycles. The van der Waals surface area contributed by atoms with Crippen molar-refractivity contribution in [1.82, 2.24) is 15.4 Å². The first-order chi connectivity index (χ1) is 13.2. The van der Waals surface area contributed by atoms with Gasteiger partial charge < -0.3 is 20.6 Å². The van der Waals surface area contributed by atoms with E-state index < -0.39 is 17.2 Å². The molecule has 0 aliphatic carbocycles. The number of halogens is 1. The number of fused-ring (bicyclic) bond motifs is 1. The van der Waals surface area contributed by atoms with Gasteiger partial charge in [0.15, 0.2) is 5.69 Å². The molecular weight excluding hydrogens is 380 g/mol. The van der Waals surface area contributed by atoms with E-state index in [1.165, 1.54) is 6.07 Å². The number of para-hydroxylation sites is 1. The van der Waals surface area contributed by atoms with Crippen molar-refractivity contribution >= 4 is 28.3 Å². The Hall–Kier alpha value is -2.90. The average molecular weight is 401 g/mol. The van der Waals surface area contributed by atoms with Crippen LogP contribution in [-0.2, 0) is 0 Å². The first kappa shape index (κ1) is 19.9. The van der Waals surface area contributed by atoms with Crippen LogP contribution in [0.25, 0.3) is 11.0 Å². The summed E-state index contributed by atoms with van der Waals surface area (Å²) in [6.45, 7) is 5.67. The Kier molecular flexibility index (Phi) is 5.40. The van der Waals surface area contributed by atoms with E-state index >= 15 is 0 Å². The van der Waals surface area contributed by atoms with Crippen molar-refractivity contribution in [2.75, 3.05) is 0 Å². The zero-order chi connectivity index (χ0) is 20.5. The molecule has 7 nitrogen and oxygen atoms in total. The maximum absolute atomic E-state index is 12.7. The lowest BCUT2D eigenvalue weighted by molar-refractivity contribution is 0.240. The molecule has 0 amide bonds. The van der Waals surface area contributed by atoms with E-state index in [2.05, 4.69) is 20.5 Å². The summed E-state index contributed by atoms with van der Waals surface area (Å²) in [4.78, 5) is 19.8. The molecule has 1 atom stereocenters. The summed E-state index contributed by atoms with van der Waals surface area (Å²) in [5, 5.41) is 25.8. The Bertz CT molecular complexity index is 1100. The number of rotatable bonds is 4. The molecule has 3 rings (SSSR count). The smallest absolute Gasteiger partial charge is 0.276 e. The van der Waals surface area contributed by atoms with E-state index in [4.69, 9.17) is 11.6 Å². The van der Waals surface area contributed by atoms with Gasteiger partial charge in [-0.15, -0.1) is 0 Å². The van der Waals surface area contributed by atoms with E-state index in [1.54, 1.807) is 36.4 Å². The maximum Gasteiger partial charge on any atom is 0.276 e. The average Bonchev–Trinajstić information content (AvgIpc) is 2.61. The van der Waals surface area contributed by atoms with Crippen LogP contribution < -0.4 is 11.0 Å². The number of nitrogens with zero attached hydrogens (tertiary/aromatic N) is 2. The summed E-state index contributed by atoms with van der Waals surface area (Å²) in [7, 11) is 0. The summed E-state index contributed by atoms with van der Waals surface area (Å²) in [5.41, 5.74) is 3.09. The van der Waals surface area contributed by atoms with E-state index in [-0.39, 0.29) is 22.7 Å². The molecule has 4 N–H and O–H groups in total. The van der Waals surface area contributed by atoms with Gasteiger partial charge in [0.1, 0.15) is 17.6 Å². The van der Waals surface area contributed by atoms with Crippen LogP contribution in [0.5, 0.6) is 5.75 Å². The number of aromatic hydroxyl groups is 1. The first-order valence-electron chi connectivity index (χ1n) is 8.66. The first-order valence-corrected chi connectivity index (χ1v) is 9.04. The maximum atomic E-state index is 12.7. The summed E-state index contributed by atoms with van der Waals surface area (Å²) in [6.07, 6.45) is -1.37. The highest BCUT2D eigenvalue weighted by Crippen LogP contribution is 2.26. The van der Waals surface area contributed by atoms with Crippen LogP contribution in [0.2, 0.25) is 5.02 Å². The number of H-pyrrole nitrogens is 1. The molecule has 0 aliphatic rings. The molecule has 0 spiro atoms. The standard InChI is InChI=1S/C20H21ClN4O3/c1-20(2,3)25-24-16(18(27)12-6-4-5-7-15(12)26)17-19(28)23-14-10-11(21)8-9-13(14)22-17/h4-10,18,25-27H,1-3H3,(H,23,28)/b24-16-. The molecular formula is C20H21ClN4O3. The molecule has 1 aromatic heterocycles. The number of phenolic OH excluding ortho intramolecular Hbond substituents is 1. The molecule has 2 aromatic carbocycles. The Morgan fingerprint density at radius 1 is 1.25 bits per heavy atom. The highest BCUT2D eigenvalue weighted by molar-refractivity contribution is 6.31. The van der Waals surface area contributed by atoms with Crippen molar-refractivity contribution in [1.29, 1.82) is 0 Å². The largest absolute Gasteiger partial charge is 0.508 e. The minimum atomic E-state index is -1.37. The van der Waals surface area contributed by atoms with Gasteiger partial charge in [-0.2, -0.15) is 5.10 Å². The van der Waals surface area contributed by atoms with Crippen LogP contribution in [0.15, 0.2) is 52.4 Å². The molecule has 0 fully saturated rings. The molecule has 0 radical (unpaired) electrons. The highest BCUT2D eigenvalue weighted by atomic mass is 35.5. The van der Waals surface area contributed by atoms with E-state index in [0.717, 1.165) is 0 Å². The van der Waals surface area contributed by atoms with Crippen LogP contribution >= 0.6 is 11.6 Å². The molecule has 146 valence electrons. The van der Waals surface area contributed by atoms with Gasteiger partial charge in [-0.05, 0) is 45.0 Å². The lowest BCUT2D eigenvalue weighted by Gasteiger charge is -2.21. The van der Waals surface area contributed by atoms with Crippen LogP contribution in [-0.4, -0.2) is 31.4 Å². The third kappa shape index (κ3) is 4.32. The topological polar surface area (TPSA) is 111 Å². The molecule has 1 heterocycles. The number of aliphatic hydroxyl groups excluding tert-OH is 1. The Labute approximate surface area is 166 Å². The number of phenols is 1. The summed E-state index contributed by atoms with van der Waals surface area (Å²) < 4.78 is 0. The van der Waals surface area contributed by atoms with Crippen molar-refractivity contribution in [3.63, 3.8) is 0 Å². The lowest BCUT2D eigenvalue weighted by atomic mass is 10.0. The van der Waals surface area contributed by atoms with Gasteiger partial charge in [-0.3, -0.25) is 4.79 Å². The highest BCUT2D eigenvalue weighted by Gasteiger charge is 2.25. The lowest BCUT2D eigenvalue weighted by Crippen LogP contribution is -2.35. The molecule has 28 heavy (non-hydrogen) atoms. The molecule has 8 heteroatoms. The SMILES string of the molecule is CC(C)(C)N/N=C(/c1nc2ccc(Cl)cc2[nH]c1=O)C(O)c1ccccc1O. The molecule has 0 aliphatic heterocycles. The Morgan fingerprint density at radius 3 is 2.64 bits per heavy atom. The van der Waals surface area contributed by atoms with Gasteiger partial charge in [0.2, 0.25) is 0 Å². The minimum absolute atomic E-state index is 0.00507. The molecule has 3 aromatic rings. The van der Waals surface area contributed by atoms with E-state index in [9.17, 15) is 15.0 Å². The van der Waals surface area contributed by atoms with Gasteiger partial charge in [-0.25, -0.2) is 4.98 Å². The number of aromatic amines is 1. The zero-order valence-electron chi connectivity index (χ0n) is 15.7. The van der Waals surface area contributed by atoms with Crippen molar-refractivity contribution < 1.29 is 10.2 Å². The Balaban J connectivity index is 2.18. The number of aromatic nitrogens is 2. The van der Waals surface area contributed by atoms with Gasteiger partial charge in [0, 0.05) is 16.1 Å². The van der Waals surface area contributed by atoms with Gasteiger partial charge in [0.05, 0.1) is 11.0 Å². The fraction of sp³-hybridized carbons (Fsp3) is 0.250. The van der Waals surface area contributed by atoms with Gasteiger partial charge >= 0.3 is 0 Å². The molecule has 1 unspecified atom stereocenters. The number of hydrazone groups is 1. The number of aliphatic hydroxyl groups is 1. The van der Waals surface area contributed by atoms with Crippen molar-refractivity contribution in [3.05, 3.63) is 69.1 Å². The van der Waals surface area contributed by atoms with Crippen LogP contribution in [0.4, 0.5) is 0 Å². The van der Waals surface area contributed by atoms with Crippen molar-refractivity contribution in [2.45, 2.75) is 32.4 Å². The second kappa shape index (κ2) is 7.61. The minimum Gasteiger partial charge on any atom is -0.508 e. The van der Waals surface area contributed by atoms with Gasteiger partial charge in [-0.1, -0.05) is 29.8 Å². The van der Waals surface area contributed by atoms with Crippen molar-refractivity contribution in [3.8, 4) is 5.75 Å². The summed E-state index contributed by atoms with van der Waals surface area (Å²) in [6, 6.07) is 11.2. The normalized spacial score (nSPS) is 13.5. The number of hydrogen-bond donors (Lipinski definition) is 4. The second-order valence-electron chi connectivity index (χ2n) is 7.40. The third-order valence-electron chi connectivity index (χ3n) is 3.90. The van der Waals surface area contributed by atoms with Crippen LogP contribution in [0.1, 0.15) is 38.1 Å². The predicted molar refractivity (Wildman–Crippen MR) is 110 cm³/mol. The monoisotopic (exact) mass is 400 g/mol. The number of nitrogens with one attached hydrogen (secondary N) is 2. The van der Waals surface area contributed by atoms with Gasteiger partial charge in [0.25, 0.3) is 5.56 Å². The molecule has 0 saturated heterocycles. The Morgan fingerprint density at radius 2 is 1.96 bits per heavy atom. The third-order valence-corrected chi connectivity index (χ3v) is 4.13. The fourth-order valence-corrected chi connectivity index (χ4v) is 2.74. The zero-order valence-corrected chi connectivity index (χ0v) is 16.4. The van der Waals surface area contributed by atoms with Crippen LogP contribution in [0.3, 0.4) is 0 Å². The predicted octanol–water partition coefficient (Wildman–Crippen LogP) is 3.11. The second-order valence-corrected chi connectivity index (χ2v) is 7.83. The number of hydrogen-bond acceptors (Lipinski definition) is 6. The fourth-order valence-electron chi connectivity index (χ4n) is 2.57. The number of benzene rings is 2. The quantitative estimate of drug-likeness (QED) is 0.397. The molecule has 0 bridgehead atoms. The van der Waals surface area contributed by atoms with Crippen molar-refractivity contribution in [2.24, 2.45) is 5.10 Å². The van der Waals surface area contributed by atoms with E-state index in [1.807, 2.05) is 20.8 Å². The van der Waals surface area contributed by atoms with E-state index in [0.29, 0.717) is 16.1 Å².